The third-order valence-corrected chi connectivity index (χ3v) is 4.07. The van der Waals surface area contributed by atoms with E-state index in [2.05, 4.69) is 4.99 Å². The third-order valence-electron chi connectivity index (χ3n) is 2.66. The van der Waals surface area contributed by atoms with E-state index in [4.69, 9.17) is 11.5 Å². The van der Waals surface area contributed by atoms with Gasteiger partial charge < -0.3 is 11.5 Å². The van der Waals surface area contributed by atoms with Crippen LogP contribution in [-0.2, 0) is 6.54 Å². The summed E-state index contributed by atoms with van der Waals surface area (Å²) in [5, 5.41) is 0.404. The van der Waals surface area contributed by atoms with Gasteiger partial charge in [0.05, 0.1) is 10.9 Å². The lowest BCUT2D eigenvalue weighted by Crippen LogP contribution is -2.23. The summed E-state index contributed by atoms with van der Waals surface area (Å²) in [4.78, 5) is 4.47. The Morgan fingerprint density at radius 3 is 3.06 bits per heavy atom. The van der Waals surface area contributed by atoms with Crippen LogP contribution >= 0.6 is 11.8 Å². The molecule has 4 N–H and O–H groups in total. The van der Waals surface area contributed by atoms with Crippen molar-refractivity contribution >= 4 is 23.3 Å². The van der Waals surface area contributed by atoms with Crippen molar-refractivity contribution in [2.24, 2.45) is 16.5 Å². The summed E-state index contributed by atoms with van der Waals surface area (Å²) in [7, 11) is 0. The van der Waals surface area contributed by atoms with Crippen LogP contribution in [0.2, 0.25) is 0 Å². The van der Waals surface area contributed by atoms with E-state index in [0.717, 1.165) is 23.5 Å². The van der Waals surface area contributed by atoms with Gasteiger partial charge in [-0.05, 0) is 36.3 Å². The fourth-order valence-electron chi connectivity index (χ4n) is 1.78. The van der Waals surface area contributed by atoms with Crippen molar-refractivity contribution < 1.29 is 0 Å². The van der Waals surface area contributed by atoms with E-state index in [-0.39, 0.29) is 0 Å². The highest BCUT2D eigenvalue weighted by atomic mass is 32.2. The second-order valence-electron chi connectivity index (χ2n) is 3.91. The number of nitrogens with two attached hydrogens (primary N) is 2. The summed E-state index contributed by atoms with van der Waals surface area (Å²) in [6.07, 6.45) is 2.39. The first-order valence-electron chi connectivity index (χ1n) is 5.54. The smallest absolute Gasteiger partial charge is 0.113 e. The Balaban J connectivity index is 2.14. The van der Waals surface area contributed by atoms with Gasteiger partial charge >= 0.3 is 0 Å². The molecule has 0 saturated carbocycles. The van der Waals surface area contributed by atoms with Crippen LogP contribution in [0, 0.1) is 0 Å². The second kappa shape index (κ2) is 5.37. The van der Waals surface area contributed by atoms with E-state index in [0.29, 0.717) is 11.8 Å². The lowest BCUT2D eigenvalue weighted by molar-refractivity contribution is 0.896. The zero-order valence-electron chi connectivity index (χ0n) is 9.23. The standard InChI is InChI=1S/C12H17N3S/c13-8-9-3-1-4-10(7-9)15-12(14)11-5-2-6-16-11/h1,3-4,7,11H,2,5-6,8,13H2,(H2,14,15). The maximum Gasteiger partial charge on any atom is 0.113 e. The molecule has 4 heteroatoms. The largest absolute Gasteiger partial charge is 0.386 e. The fourth-order valence-corrected chi connectivity index (χ4v) is 2.96. The van der Waals surface area contributed by atoms with Crippen LogP contribution in [0.1, 0.15) is 18.4 Å². The van der Waals surface area contributed by atoms with E-state index in [1.165, 1.54) is 12.2 Å². The fraction of sp³-hybridized carbons (Fsp3) is 0.417. The average molecular weight is 235 g/mol. The van der Waals surface area contributed by atoms with Crippen molar-refractivity contribution in [2.45, 2.75) is 24.6 Å². The maximum absolute atomic E-state index is 6.00. The summed E-state index contributed by atoms with van der Waals surface area (Å²) in [6, 6.07) is 7.92. The summed E-state index contributed by atoms with van der Waals surface area (Å²) in [5.74, 6) is 1.95. The van der Waals surface area contributed by atoms with Crippen LogP contribution < -0.4 is 11.5 Å². The molecule has 0 amide bonds. The van der Waals surface area contributed by atoms with Gasteiger partial charge in [-0.15, -0.1) is 0 Å². The van der Waals surface area contributed by atoms with Crippen molar-refractivity contribution in [1.82, 2.24) is 0 Å². The zero-order chi connectivity index (χ0) is 11.4. The average Bonchev–Trinajstić information content (AvgIpc) is 2.83. The molecule has 1 unspecified atom stereocenters. The minimum absolute atomic E-state index is 0.404. The highest BCUT2D eigenvalue weighted by molar-refractivity contribution is 8.00. The molecule has 1 aliphatic rings. The minimum Gasteiger partial charge on any atom is -0.386 e. The monoisotopic (exact) mass is 235 g/mol. The SMILES string of the molecule is NCc1cccc(N=C(N)C2CCCS2)c1. The van der Waals surface area contributed by atoms with Gasteiger partial charge in [-0.3, -0.25) is 0 Å². The second-order valence-corrected chi connectivity index (χ2v) is 5.22. The number of aliphatic imine (C=N–C) groups is 1. The molecule has 0 bridgehead atoms. The summed E-state index contributed by atoms with van der Waals surface area (Å²) >= 11 is 1.90. The van der Waals surface area contributed by atoms with Crippen LogP contribution in [0.25, 0.3) is 0 Å². The first kappa shape index (κ1) is 11.5. The topological polar surface area (TPSA) is 64.4 Å². The molecule has 3 nitrogen and oxygen atoms in total. The van der Waals surface area contributed by atoms with Crippen LogP contribution in [0.3, 0.4) is 0 Å². The molecule has 1 aromatic carbocycles. The molecular weight excluding hydrogens is 218 g/mol. The Morgan fingerprint density at radius 2 is 2.38 bits per heavy atom. The van der Waals surface area contributed by atoms with Crippen LogP contribution in [-0.4, -0.2) is 16.8 Å². The number of benzene rings is 1. The van der Waals surface area contributed by atoms with Crippen LogP contribution in [0.15, 0.2) is 29.3 Å². The van der Waals surface area contributed by atoms with E-state index >= 15 is 0 Å². The first-order valence-corrected chi connectivity index (χ1v) is 6.59. The molecule has 1 atom stereocenters. The summed E-state index contributed by atoms with van der Waals surface area (Å²) in [5.41, 5.74) is 13.6. The molecule has 0 radical (unpaired) electrons. The summed E-state index contributed by atoms with van der Waals surface area (Å²) < 4.78 is 0. The number of hydrogen-bond acceptors (Lipinski definition) is 3. The third kappa shape index (κ3) is 2.77. The molecular formula is C12H17N3S. The molecule has 1 saturated heterocycles. The van der Waals surface area contributed by atoms with Crippen molar-refractivity contribution in [2.75, 3.05) is 5.75 Å². The Kier molecular flexibility index (Phi) is 3.85. The first-order chi connectivity index (χ1) is 7.79. The lowest BCUT2D eigenvalue weighted by Gasteiger charge is -2.07. The Bertz CT molecular complexity index is 384. The van der Waals surface area contributed by atoms with Gasteiger partial charge in [0, 0.05) is 6.54 Å². The number of thioether (sulfide) groups is 1. The molecule has 86 valence electrons. The molecule has 0 aromatic heterocycles. The number of nitrogens with zero attached hydrogens (tertiary/aromatic N) is 1. The van der Waals surface area contributed by atoms with Crippen molar-refractivity contribution in [1.29, 1.82) is 0 Å². The maximum atomic E-state index is 6.00. The number of rotatable bonds is 3. The molecule has 2 rings (SSSR count). The molecule has 16 heavy (non-hydrogen) atoms. The van der Waals surface area contributed by atoms with E-state index in [1.807, 2.05) is 36.0 Å². The lowest BCUT2D eigenvalue weighted by atomic mass is 10.2. The normalized spacial score (nSPS) is 21.3. The molecule has 1 heterocycles. The Hall–Kier alpha value is -1.00. The van der Waals surface area contributed by atoms with Crippen LogP contribution in [0.4, 0.5) is 5.69 Å². The number of amidine groups is 1. The van der Waals surface area contributed by atoms with Gasteiger partial charge in [0.15, 0.2) is 0 Å². The predicted octanol–water partition coefficient (Wildman–Crippen LogP) is 2.03. The molecule has 1 aliphatic heterocycles. The van der Waals surface area contributed by atoms with Crippen LogP contribution in [0.5, 0.6) is 0 Å². The van der Waals surface area contributed by atoms with Crippen molar-refractivity contribution in [3.05, 3.63) is 29.8 Å². The van der Waals surface area contributed by atoms with Gasteiger partial charge in [-0.25, -0.2) is 4.99 Å². The highest BCUT2D eigenvalue weighted by Crippen LogP contribution is 2.27. The minimum atomic E-state index is 0.404. The van der Waals surface area contributed by atoms with E-state index in [1.54, 1.807) is 0 Å². The van der Waals surface area contributed by atoms with E-state index in [9.17, 15) is 0 Å². The molecule has 0 aliphatic carbocycles. The quantitative estimate of drug-likeness (QED) is 0.622. The van der Waals surface area contributed by atoms with Gasteiger partial charge in [-0.2, -0.15) is 11.8 Å². The zero-order valence-corrected chi connectivity index (χ0v) is 10.0. The van der Waals surface area contributed by atoms with Crippen molar-refractivity contribution in [3.8, 4) is 0 Å². The molecule has 1 fully saturated rings. The molecule has 0 spiro atoms. The van der Waals surface area contributed by atoms with Gasteiger partial charge in [0.25, 0.3) is 0 Å². The number of hydrogen-bond donors (Lipinski definition) is 2. The van der Waals surface area contributed by atoms with E-state index < -0.39 is 0 Å². The Labute approximate surface area is 100 Å². The summed E-state index contributed by atoms with van der Waals surface area (Å²) in [6.45, 7) is 0.543. The predicted molar refractivity (Wildman–Crippen MR) is 71.1 cm³/mol. The van der Waals surface area contributed by atoms with Gasteiger partial charge in [-0.1, -0.05) is 12.1 Å². The highest BCUT2D eigenvalue weighted by Gasteiger charge is 2.19. The van der Waals surface area contributed by atoms with Crippen molar-refractivity contribution in [3.63, 3.8) is 0 Å². The van der Waals surface area contributed by atoms with Gasteiger partial charge in [0.2, 0.25) is 0 Å². The molecule has 1 aromatic rings. The van der Waals surface area contributed by atoms with Gasteiger partial charge in [0.1, 0.15) is 5.84 Å². The Morgan fingerprint density at radius 1 is 1.50 bits per heavy atom.